The number of H-pyrrole nitrogens is 1. The number of amides is 1. The lowest BCUT2D eigenvalue weighted by Gasteiger charge is -2.16. The summed E-state index contributed by atoms with van der Waals surface area (Å²) >= 11 is 0. The van der Waals surface area contributed by atoms with E-state index in [2.05, 4.69) is 10.3 Å². The first-order chi connectivity index (χ1) is 11.5. The Morgan fingerprint density at radius 2 is 1.92 bits per heavy atom. The molecule has 1 atom stereocenters. The zero-order chi connectivity index (χ0) is 17.1. The number of Topliss-reactive ketones (excluding diaryl/α,β-unsaturated/α-hetero) is 1. The quantitative estimate of drug-likeness (QED) is 0.846. The first-order valence-corrected chi connectivity index (χ1v) is 7.94. The van der Waals surface area contributed by atoms with Gasteiger partial charge >= 0.3 is 0 Å². The molecule has 2 heterocycles. The van der Waals surface area contributed by atoms with Gasteiger partial charge in [-0.2, -0.15) is 0 Å². The van der Waals surface area contributed by atoms with Crippen molar-refractivity contribution in [3.8, 4) is 11.5 Å². The fourth-order valence-electron chi connectivity index (χ4n) is 2.54. The number of ketones is 1. The van der Waals surface area contributed by atoms with E-state index in [0.29, 0.717) is 30.2 Å². The summed E-state index contributed by atoms with van der Waals surface area (Å²) in [7, 11) is 0. The van der Waals surface area contributed by atoms with Crippen molar-refractivity contribution in [2.24, 2.45) is 0 Å². The van der Waals surface area contributed by atoms with Gasteiger partial charge in [-0.15, -0.1) is 0 Å². The smallest absolute Gasteiger partial charge is 0.268 e. The molecule has 126 valence electrons. The molecule has 0 fully saturated rings. The van der Waals surface area contributed by atoms with Gasteiger partial charge < -0.3 is 19.8 Å². The zero-order valence-corrected chi connectivity index (χ0v) is 13.7. The molecule has 2 N–H and O–H groups in total. The van der Waals surface area contributed by atoms with Crippen molar-refractivity contribution in [2.75, 3.05) is 13.2 Å². The summed E-state index contributed by atoms with van der Waals surface area (Å²) in [6.45, 7) is 4.62. The molecular weight excluding hydrogens is 308 g/mol. The van der Waals surface area contributed by atoms with Crippen molar-refractivity contribution in [1.82, 2.24) is 10.3 Å². The van der Waals surface area contributed by atoms with Gasteiger partial charge in [-0.05, 0) is 37.6 Å². The Morgan fingerprint density at radius 3 is 2.62 bits per heavy atom. The lowest BCUT2D eigenvalue weighted by molar-refractivity contribution is 0.0935. The second-order valence-electron chi connectivity index (χ2n) is 5.81. The van der Waals surface area contributed by atoms with Crippen LogP contribution in [0.25, 0.3) is 0 Å². The molecule has 0 aliphatic carbocycles. The third kappa shape index (κ3) is 3.42. The van der Waals surface area contributed by atoms with Crippen molar-refractivity contribution in [3.05, 3.63) is 47.3 Å². The van der Waals surface area contributed by atoms with Gasteiger partial charge in [0, 0.05) is 18.2 Å². The number of aromatic nitrogens is 1. The third-order valence-electron chi connectivity index (χ3n) is 3.95. The van der Waals surface area contributed by atoms with E-state index in [1.807, 2.05) is 25.1 Å². The van der Waals surface area contributed by atoms with Gasteiger partial charge in [0.1, 0.15) is 5.69 Å². The van der Waals surface area contributed by atoms with Crippen LogP contribution >= 0.6 is 0 Å². The number of carbonyl (C=O) groups is 2. The molecule has 6 heteroatoms. The van der Waals surface area contributed by atoms with Crippen molar-refractivity contribution in [1.29, 1.82) is 0 Å². The highest BCUT2D eigenvalue weighted by Gasteiger charge is 2.17. The molecule has 0 spiro atoms. The van der Waals surface area contributed by atoms with E-state index in [1.165, 1.54) is 13.1 Å². The maximum atomic E-state index is 12.3. The normalized spacial score (nSPS) is 14.6. The van der Waals surface area contributed by atoms with Gasteiger partial charge in [-0.25, -0.2) is 0 Å². The predicted octanol–water partition coefficient (Wildman–Crippen LogP) is 2.87. The monoisotopic (exact) mass is 328 g/mol. The highest BCUT2D eigenvalue weighted by molar-refractivity contribution is 5.99. The maximum absolute atomic E-state index is 12.3. The molecule has 1 amide bonds. The molecule has 6 nitrogen and oxygen atoms in total. The van der Waals surface area contributed by atoms with Crippen LogP contribution in [0.5, 0.6) is 11.5 Å². The van der Waals surface area contributed by atoms with Crippen LogP contribution in [0.1, 0.15) is 52.7 Å². The number of nitrogens with one attached hydrogen (secondary N) is 2. The van der Waals surface area contributed by atoms with E-state index in [9.17, 15) is 9.59 Å². The Balaban J connectivity index is 1.72. The molecule has 1 aromatic carbocycles. The number of benzene rings is 1. The summed E-state index contributed by atoms with van der Waals surface area (Å²) in [5.74, 6) is 1.08. The molecule has 1 aliphatic rings. The molecule has 0 radical (unpaired) electrons. The summed E-state index contributed by atoms with van der Waals surface area (Å²) < 4.78 is 11.3. The number of hydrogen-bond acceptors (Lipinski definition) is 4. The summed E-state index contributed by atoms with van der Waals surface area (Å²) in [5, 5.41) is 2.91. The number of carbonyl (C=O) groups excluding carboxylic acids is 2. The zero-order valence-electron chi connectivity index (χ0n) is 13.7. The van der Waals surface area contributed by atoms with Crippen LogP contribution in [0.15, 0.2) is 30.5 Å². The first kappa shape index (κ1) is 16.1. The molecule has 0 unspecified atom stereocenters. The van der Waals surface area contributed by atoms with Gasteiger partial charge in [-0.3, -0.25) is 9.59 Å². The molecular formula is C18H20N2O4. The molecule has 3 rings (SSSR count). The third-order valence-corrected chi connectivity index (χ3v) is 3.95. The first-order valence-electron chi connectivity index (χ1n) is 7.94. The molecule has 2 aromatic rings. The SMILES string of the molecule is CC(=O)c1c[nH]c(C(=O)N[C@@H](C)c2ccc3c(c2)OCCCO3)c1. The Hall–Kier alpha value is -2.76. The Labute approximate surface area is 140 Å². The summed E-state index contributed by atoms with van der Waals surface area (Å²) in [6, 6.07) is 7.01. The fourth-order valence-corrected chi connectivity index (χ4v) is 2.54. The van der Waals surface area contributed by atoms with Crippen LogP contribution in [0.3, 0.4) is 0 Å². The van der Waals surface area contributed by atoms with E-state index >= 15 is 0 Å². The Bertz CT molecular complexity index is 766. The summed E-state index contributed by atoms with van der Waals surface area (Å²) in [6.07, 6.45) is 2.39. The summed E-state index contributed by atoms with van der Waals surface area (Å²) in [4.78, 5) is 26.4. The van der Waals surface area contributed by atoms with Gasteiger partial charge in [0.2, 0.25) is 0 Å². The van der Waals surface area contributed by atoms with Crippen molar-refractivity contribution in [2.45, 2.75) is 26.3 Å². The lowest BCUT2D eigenvalue weighted by atomic mass is 10.1. The number of fused-ring (bicyclic) bond motifs is 1. The van der Waals surface area contributed by atoms with E-state index in [0.717, 1.165) is 17.7 Å². The van der Waals surface area contributed by atoms with Gasteiger partial charge in [0.25, 0.3) is 5.91 Å². The van der Waals surface area contributed by atoms with E-state index in [1.54, 1.807) is 6.07 Å². The van der Waals surface area contributed by atoms with Gasteiger partial charge in [0.05, 0.1) is 19.3 Å². The predicted molar refractivity (Wildman–Crippen MR) is 88.7 cm³/mol. The average Bonchev–Trinajstić information content (AvgIpc) is 2.94. The topological polar surface area (TPSA) is 80.4 Å². The van der Waals surface area contributed by atoms with E-state index in [-0.39, 0.29) is 17.7 Å². The second kappa shape index (κ2) is 6.78. The molecule has 1 aromatic heterocycles. The van der Waals surface area contributed by atoms with Crippen LogP contribution in [0.4, 0.5) is 0 Å². The minimum Gasteiger partial charge on any atom is -0.490 e. The minimum absolute atomic E-state index is 0.0822. The van der Waals surface area contributed by atoms with Crippen LogP contribution in [0, 0.1) is 0 Å². The van der Waals surface area contributed by atoms with Crippen LogP contribution in [-0.2, 0) is 0 Å². The lowest BCUT2D eigenvalue weighted by Crippen LogP contribution is -2.26. The minimum atomic E-state index is -0.262. The molecule has 24 heavy (non-hydrogen) atoms. The van der Waals surface area contributed by atoms with Crippen LogP contribution < -0.4 is 14.8 Å². The van der Waals surface area contributed by atoms with Crippen molar-refractivity contribution < 1.29 is 19.1 Å². The van der Waals surface area contributed by atoms with E-state index < -0.39 is 0 Å². The Morgan fingerprint density at radius 1 is 1.17 bits per heavy atom. The van der Waals surface area contributed by atoms with E-state index in [4.69, 9.17) is 9.47 Å². The second-order valence-corrected chi connectivity index (χ2v) is 5.81. The average molecular weight is 328 g/mol. The highest BCUT2D eigenvalue weighted by Crippen LogP contribution is 2.32. The Kier molecular flexibility index (Phi) is 4.55. The maximum Gasteiger partial charge on any atom is 0.268 e. The van der Waals surface area contributed by atoms with Crippen molar-refractivity contribution in [3.63, 3.8) is 0 Å². The number of rotatable bonds is 4. The molecule has 0 saturated heterocycles. The van der Waals surface area contributed by atoms with Crippen molar-refractivity contribution >= 4 is 11.7 Å². The van der Waals surface area contributed by atoms with Crippen LogP contribution in [-0.4, -0.2) is 29.9 Å². The molecule has 0 bridgehead atoms. The van der Waals surface area contributed by atoms with Gasteiger partial charge in [-0.1, -0.05) is 6.07 Å². The standard InChI is InChI=1S/C18H20N2O4/c1-11(20-18(22)15-8-14(10-19-15)12(2)21)13-4-5-16-17(9-13)24-7-3-6-23-16/h4-5,8-11,19H,3,6-7H2,1-2H3,(H,20,22)/t11-/m0/s1. The number of hydrogen-bond donors (Lipinski definition) is 2. The largest absolute Gasteiger partial charge is 0.490 e. The fraction of sp³-hybridized carbons (Fsp3) is 0.333. The summed E-state index contributed by atoms with van der Waals surface area (Å²) in [5.41, 5.74) is 1.77. The van der Waals surface area contributed by atoms with Crippen LogP contribution in [0.2, 0.25) is 0 Å². The molecule has 0 saturated carbocycles. The number of aromatic amines is 1. The van der Waals surface area contributed by atoms with Gasteiger partial charge in [0.15, 0.2) is 17.3 Å². The number of ether oxygens (including phenoxy) is 2. The molecule has 1 aliphatic heterocycles. The highest BCUT2D eigenvalue weighted by atomic mass is 16.5.